The molecule has 2 fully saturated rings. The largest absolute Gasteiger partial charge is 0.354 e. The van der Waals surface area contributed by atoms with E-state index in [1.165, 1.54) is 12.1 Å². The van der Waals surface area contributed by atoms with E-state index in [4.69, 9.17) is 0 Å². The lowest BCUT2D eigenvalue weighted by molar-refractivity contribution is -0.122. The summed E-state index contributed by atoms with van der Waals surface area (Å²) in [5, 5.41) is 8.74. The minimum atomic E-state index is -3.80. The zero-order valence-electron chi connectivity index (χ0n) is 14.5. The molecule has 1 aromatic rings. The number of carbonyl (C=O) groups excluding carboxylic acids is 2. The average Bonchev–Trinajstić information content (AvgIpc) is 3.15. The van der Waals surface area contributed by atoms with Gasteiger partial charge in [-0.25, -0.2) is 8.42 Å². The van der Waals surface area contributed by atoms with Crippen LogP contribution in [-0.4, -0.2) is 63.8 Å². The third kappa shape index (κ3) is 4.40. The summed E-state index contributed by atoms with van der Waals surface area (Å²) in [6.07, 6.45) is 2.02. The summed E-state index contributed by atoms with van der Waals surface area (Å²) in [6, 6.07) is 5.96. The fourth-order valence-corrected chi connectivity index (χ4v) is 4.66. The highest BCUT2D eigenvalue weighted by atomic mass is 32.2. The average molecular weight is 380 g/mol. The van der Waals surface area contributed by atoms with Crippen LogP contribution in [0.4, 0.5) is 0 Å². The van der Waals surface area contributed by atoms with Gasteiger partial charge >= 0.3 is 0 Å². The Balaban J connectivity index is 1.64. The number of nitrogens with zero attached hydrogens (tertiary/aromatic N) is 1. The topological polar surface area (TPSA) is 108 Å². The molecule has 142 valence electrons. The molecule has 2 saturated heterocycles. The SMILES string of the molecule is O=C1CN(S(=O)(=O)c2cccc(C(=O)NCCC3CCNC3)c2)CCN1. The highest BCUT2D eigenvalue weighted by Crippen LogP contribution is 2.18. The molecule has 2 aliphatic rings. The molecule has 0 spiro atoms. The van der Waals surface area contributed by atoms with Crippen molar-refractivity contribution >= 4 is 21.8 Å². The molecule has 2 aliphatic heterocycles. The summed E-state index contributed by atoms with van der Waals surface area (Å²) >= 11 is 0. The first-order valence-electron chi connectivity index (χ1n) is 8.82. The number of carbonyl (C=O) groups is 2. The van der Waals surface area contributed by atoms with Crippen molar-refractivity contribution in [3.8, 4) is 0 Å². The van der Waals surface area contributed by atoms with Crippen LogP contribution in [0.2, 0.25) is 0 Å². The number of hydrogen-bond donors (Lipinski definition) is 3. The van der Waals surface area contributed by atoms with Crippen LogP contribution in [0.15, 0.2) is 29.2 Å². The van der Waals surface area contributed by atoms with Crippen molar-refractivity contribution in [1.82, 2.24) is 20.3 Å². The lowest BCUT2D eigenvalue weighted by atomic mass is 10.1. The Morgan fingerprint density at radius 3 is 2.88 bits per heavy atom. The third-order valence-corrected chi connectivity index (χ3v) is 6.58. The molecule has 0 aromatic heterocycles. The quantitative estimate of drug-likeness (QED) is 0.619. The molecule has 3 rings (SSSR count). The molecule has 0 radical (unpaired) electrons. The van der Waals surface area contributed by atoms with Gasteiger partial charge in [0.25, 0.3) is 5.91 Å². The van der Waals surface area contributed by atoms with Crippen LogP contribution in [0, 0.1) is 5.92 Å². The first-order valence-corrected chi connectivity index (χ1v) is 10.3. The lowest BCUT2D eigenvalue weighted by Gasteiger charge is -2.26. The molecular formula is C17H24N4O4S. The second-order valence-corrected chi connectivity index (χ2v) is 8.56. The van der Waals surface area contributed by atoms with Crippen LogP contribution in [0.25, 0.3) is 0 Å². The smallest absolute Gasteiger partial charge is 0.251 e. The summed E-state index contributed by atoms with van der Waals surface area (Å²) in [5.41, 5.74) is 0.303. The fourth-order valence-electron chi connectivity index (χ4n) is 3.22. The van der Waals surface area contributed by atoms with Crippen molar-refractivity contribution < 1.29 is 18.0 Å². The van der Waals surface area contributed by atoms with Crippen LogP contribution >= 0.6 is 0 Å². The van der Waals surface area contributed by atoms with E-state index in [1.54, 1.807) is 12.1 Å². The maximum absolute atomic E-state index is 12.7. The number of hydrogen-bond acceptors (Lipinski definition) is 5. The molecule has 0 saturated carbocycles. The maximum Gasteiger partial charge on any atom is 0.251 e. The van der Waals surface area contributed by atoms with Gasteiger partial charge < -0.3 is 16.0 Å². The number of rotatable bonds is 6. The van der Waals surface area contributed by atoms with Gasteiger partial charge in [0.15, 0.2) is 0 Å². The van der Waals surface area contributed by atoms with Gasteiger partial charge in [0.05, 0.1) is 11.4 Å². The van der Waals surface area contributed by atoms with Gasteiger partial charge in [-0.2, -0.15) is 4.31 Å². The summed E-state index contributed by atoms with van der Waals surface area (Å²) in [5.74, 6) is -0.0354. The zero-order valence-corrected chi connectivity index (χ0v) is 15.3. The maximum atomic E-state index is 12.7. The van der Waals surface area contributed by atoms with Gasteiger partial charge in [0.2, 0.25) is 15.9 Å². The van der Waals surface area contributed by atoms with Gasteiger partial charge in [-0.15, -0.1) is 0 Å². The van der Waals surface area contributed by atoms with Crippen molar-refractivity contribution in [3.63, 3.8) is 0 Å². The van der Waals surface area contributed by atoms with E-state index in [0.717, 1.165) is 30.2 Å². The van der Waals surface area contributed by atoms with E-state index < -0.39 is 10.0 Å². The molecule has 1 aromatic carbocycles. The van der Waals surface area contributed by atoms with Crippen LogP contribution < -0.4 is 16.0 Å². The second kappa shape index (κ2) is 8.15. The Hall–Kier alpha value is -1.97. The first-order chi connectivity index (χ1) is 12.5. The van der Waals surface area contributed by atoms with Gasteiger partial charge in [-0.05, 0) is 50.0 Å². The van der Waals surface area contributed by atoms with Crippen molar-refractivity contribution in [3.05, 3.63) is 29.8 Å². The van der Waals surface area contributed by atoms with Crippen LogP contribution in [0.1, 0.15) is 23.2 Å². The Bertz CT molecular complexity index is 775. The minimum Gasteiger partial charge on any atom is -0.354 e. The molecule has 2 heterocycles. The molecule has 1 unspecified atom stereocenters. The summed E-state index contributed by atoms with van der Waals surface area (Å²) < 4.78 is 26.5. The molecule has 2 amide bonds. The lowest BCUT2D eigenvalue weighted by Crippen LogP contribution is -2.49. The summed E-state index contributed by atoms with van der Waals surface area (Å²) in [6.45, 7) is 2.87. The number of benzene rings is 1. The molecule has 9 heteroatoms. The normalized spacial score (nSPS) is 21.4. The Labute approximate surface area is 153 Å². The number of sulfonamides is 1. The van der Waals surface area contributed by atoms with Crippen LogP contribution in [0.3, 0.4) is 0 Å². The van der Waals surface area contributed by atoms with E-state index in [0.29, 0.717) is 18.0 Å². The van der Waals surface area contributed by atoms with Crippen LogP contribution in [0.5, 0.6) is 0 Å². The third-order valence-electron chi connectivity index (χ3n) is 4.74. The number of amides is 2. The van der Waals surface area contributed by atoms with Crippen molar-refractivity contribution in [2.45, 2.75) is 17.7 Å². The van der Waals surface area contributed by atoms with Crippen molar-refractivity contribution in [2.75, 3.05) is 39.3 Å². The van der Waals surface area contributed by atoms with Gasteiger partial charge in [-0.1, -0.05) is 6.07 Å². The second-order valence-electron chi connectivity index (χ2n) is 6.62. The van der Waals surface area contributed by atoms with Crippen molar-refractivity contribution in [2.24, 2.45) is 5.92 Å². The molecule has 0 aliphatic carbocycles. The van der Waals surface area contributed by atoms with E-state index in [9.17, 15) is 18.0 Å². The Morgan fingerprint density at radius 1 is 1.31 bits per heavy atom. The van der Waals surface area contributed by atoms with Crippen LogP contribution in [-0.2, 0) is 14.8 Å². The standard InChI is InChI=1S/C17H24N4O4S/c22-16-12-21(9-8-19-16)26(24,25)15-3-1-2-14(10-15)17(23)20-7-5-13-4-6-18-11-13/h1-3,10,13,18H,4-9,11-12H2,(H,19,22)(H,20,23). The molecule has 8 nitrogen and oxygen atoms in total. The predicted octanol–water partition coefficient (Wildman–Crippen LogP) is -0.463. The monoisotopic (exact) mass is 380 g/mol. The Kier molecular flexibility index (Phi) is 5.90. The van der Waals surface area contributed by atoms with E-state index in [2.05, 4.69) is 16.0 Å². The number of piperazine rings is 1. The molecule has 1 atom stereocenters. The van der Waals surface area contributed by atoms with E-state index in [1.807, 2.05) is 0 Å². The molecule has 3 N–H and O–H groups in total. The van der Waals surface area contributed by atoms with E-state index >= 15 is 0 Å². The highest BCUT2D eigenvalue weighted by Gasteiger charge is 2.29. The van der Waals surface area contributed by atoms with Gasteiger partial charge in [0.1, 0.15) is 0 Å². The highest BCUT2D eigenvalue weighted by molar-refractivity contribution is 7.89. The molecular weight excluding hydrogens is 356 g/mol. The summed E-state index contributed by atoms with van der Waals surface area (Å²) in [7, 11) is -3.80. The summed E-state index contributed by atoms with van der Waals surface area (Å²) in [4.78, 5) is 23.8. The first kappa shape index (κ1) is 18.8. The zero-order chi connectivity index (χ0) is 18.6. The van der Waals surface area contributed by atoms with Gasteiger partial charge in [0, 0.05) is 25.2 Å². The van der Waals surface area contributed by atoms with E-state index in [-0.39, 0.29) is 36.3 Å². The molecule has 26 heavy (non-hydrogen) atoms. The van der Waals surface area contributed by atoms with Gasteiger partial charge in [-0.3, -0.25) is 9.59 Å². The van der Waals surface area contributed by atoms with Crippen molar-refractivity contribution in [1.29, 1.82) is 0 Å². The molecule has 0 bridgehead atoms. The fraction of sp³-hybridized carbons (Fsp3) is 0.529. The minimum absolute atomic E-state index is 0.0276. The number of nitrogens with one attached hydrogen (secondary N) is 3. The Morgan fingerprint density at radius 2 is 2.15 bits per heavy atom. The predicted molar refractivity (Wildman–Crippen MR) is 96.1 cm³/mol.